The highest BCUT2D eigenvalue weighted by Crippen LogP contribution is 2.17. The molecule has 4 nitrogen and oxygen atoms in total. The number of aromatic nitrogens is 1. The number of nitrogen functional groups attached to an aromatic ring is 1. The minimum atomic E-state index is -0.555. The summed E-state index contributed by atoms with van der Waals surface area (Å²) in [6, 6.07) is 7.45. The molecule has 1 heterocycles. The number of ether oxygens (including phenoxy) is 1. The van der Waals surface area contributed by atoms with Crippen molar-refractivity contribution in [2.24, 2.45) is 0 Å². The number of esters is 1. The van der Waals surface area contributed by atoms with E-state index in [1.807, 2.05) is 0 Å². The number of carbonyl (C=O) groups excluding carboxylic acids is 1. The first-order valence-corrected chi connectivity index (χ1v) is 6.18. The lowest BCUT2D eigenvalue weighted by Gasteiger charge is -2.05. The maximum Gasteiger partial charge on any atom is 0.357 e. The highest BCUT2D eigenvalue weighted by molar-refractivity contribution is 9.10. The van der Waals surface area contributed by atoms with Gasteiger partial charge in [0.05, 0.1) is 16.4 Å². The van der Waals surface area contributed by atoms with Gasteiger partial charge in [0.2, 0.25) is 0 Å². The van der Waals surface area contributed by atoms with Gasteiger partial charge >= 0.3 is 5.97 Å². The molecule has 0 aliphatic rings. The summed E-state index contributed by atoms with van der Waals surface area (Å²) >= 11 is 3.06. The zero-order valence-electron chi connectivity index (χ0n) is 9.77. The van der Waals surface area contributed by atoms with Crippen LogP contribution in [-0.2, 0) is 11.3 Å². The third-order valence-corrected chi connectivity index (χ3v) is 2.96. The van der Waals surface area contributed by atoms with Crippen molar-refractivity contribution < 1.29 is 13.9 Å². The molecule has 0 fully saturated rings. The van der Waals surface area contributed by atoms with Crippen LogP contribution in [0.3, 0.4) is 0 Å². The van der Waals surface area contributed by atoms with Crippen LogP contribution < -0.4 is 5.73 Å². The number of pyridine rings is 1. The van der Waals surface area contributed by atoms with Gasteiger partial charge in [0.1, 0.15) is 18.1 Å². The summed E-state index contributed by atoms with van der Waals surface area (Å²) in [5.41, 5.74) is 6.79. The summed E-state index contributed by atoms with van der Waals surface area (Å²) < 4.78 is 18.4. The SMILES string of the molecule is Nc1ccc(C(=O)OCc2ccc(F)c(Br)c2)nc1. The molecular formula is C13H10BrFN2O2. The highest BCUT2D eigenvalue weighted by Gasteiger charge is 2.09. The van der Waals surface area contributed by atoms with Gasteiger partial charge in [0, 0.05) is 0 Å². The Kier molecular flexibility index (Phi) is 4.11. The van der Waals surface area contributed by atoms with Crippen molar-refractivity contribution in [3.8, 4) is 0 Å². The van der Waals surface area contributed by atoms with Gasteiger partial charge < -0.3 is 10.5 Å². The third kappa shape index (κ3) is 3.51. The zero-order valence-corrected chi connectivity index (χ0v) is 11.4. The van der Waals surface area contributed by atoms with Crippen molar-refractivity contribution in [3.63, 3.8) is 0 Å². The monoisotopic (exact) mass is 324 g/mol. The minimum absolute atomic E-state index is 0.0454. The molecule has 0 amide bonds. The smallest absolute Gasteiger partial charge is 0.357 e. The first-order valence-electron chi connectivity index (χ1n) is 5.39. The lowest BCUT2D eigenvalue weighted by Crippen LogP contribution is -2.07. The molecule has 2 rings (SSSR count). The Morgan fingerprint density at radius 2 is 2.16 bits per heavy atom. The molecule has 0 radical (unpaired) electrons. The predicted molar refractivity (Wildman–Crippen MR) is 71.9 cm³/mol. The lowest BCUT2D eigenvalue weighted by atomic mass is 10.2. The van der Waals surface area contributed by atoms with Crippen LogP contribution in [0.1, 0.15) is 16.1 Å². The summed E-state index contributed by atoms with van der Waals surface area (Å²) in [5.74, 6) is -0.921. The van der Waals surface area contributed by atoms with E-state index in [2.05, 4.69) is 20.9 Å². The molecule has 2 aromatic rings. The fourth-order valence-electron chi connectivity index (χ4n) is 1.38. The normalized spacial score (nSPS) is 10.2. The molecule has 0 spiro atoms. The second-order valence-corrected chi connectivity index (χ2v) is 4.66. The number of carbonyl (C=O) groups is 1. The van der Waals surface area contributed by atoms with Crippen molar-refractivity contribution in [1.82, 2.24) is 4.98 Å². The van der Waals surface area contributed by atoms with Crippen molar-refractivity contribution in [3.05, 3.63) is 58.1 Å². The van der Waals surface area contributed by atoms with Gasteiger partial charge in [-0.05, 0) is 45.8 Å². The molecule has 1 aromatic heterocycles. The first-order chi connectivity index (χ1) is 9.06. The number of rotatable bonds is 3. The largest absolute Gasteiger partial charge is 0.456 e. The van der Waals surface area contributed by atoms with Crippen LogP contribution in [0.25, 0.3) is 0 Å². The molecule has 0 aliphatic carbocycles. The number of anilines is 1. The summed E-state index contributed by atoms with van der Waals surface area (Å²) in [7, 11) is 0. The van der Waals surface area contributed by atoms with Gasteiger partial charge in [0.25, 0.3) is 0 Å². The van der Waals surface area contributed by atoms with E-state index in [9.17, 15) is 9.18 Å². The van der Waals surface area contributed by atoms with E-state index in [0.29, 0.717) is 15.7 Å². The van der Waals surface area contributed by atoms with Gasteiger partial charge in [-0.1, -0.05) is 6.07 Å². The fourth-order valence-corrected chi connectivity index (χ4v) is 1.80. The highest BCUT2D eigenvalue weighted by atomic mass is 79.9. The zero-order chi connectivity index (χ0) is 13.8. The van der Waals surface area contributed by atoms with E-state index < -0.39 is 5.97 Å². The number of hydrogen-bond donors (Lipinski definition) is 1. The number of hydrogen-bond acceptors (Lipinski definition) is 4. The number of nitrogens with two attached hydrogens (primary N) is 1. The average molecular weight is 325 g/mol. The maximum atomic E-state index is 13.0. The molecule has 98 valence electrons. The summed E-state index contributed by atoms with van der Waals surface area (Å²) in [5, 5.41) is 0. The number of benzene rings is 1. The van der Waals surface area contributed by atoms with Gasteiger partial charge in [-0.2, -0.15) is 0 Å². The Morgan fingerprint density at radius 3 is 2.79 bits per heavy atom. The summed E-state index contributed by atoms with van der Waals surface area (Å²) in [6.45, 7) is 0.0454. The minimum Gasteiger partial charge on any atom is -0.456 e. The van der Waals surface area contributed by atoms with Gasteiger partial charge in [-0.3, -0.25) is 0 Å². The maximum absolute atomic E-state index is 13.0. The molecular weight excluding hydrogens is 315 g/mol. The summed E-state index contributed by atoms with van der Waals surface area (Å²) in [6.07, 6.45) is 1.38. The Morgan fingerprint density at radius 1 is 1.37 bits per heavy atom. The summed E-state index contributed by atoms with van der Waals surface area (Å²) in [4.78, 5) is 15.5. The van der Waals surface area contributed by atoms with Crippen LogP contribution in [0.15, 0.2) is 41.0 Å². The molecule has 1 aromatic carbocycles. The Bertz CT molecular complexity index is 602. The van der Waals surface area contributed by atoms with Crippen LogP contribution in [0.2, 0.25) is 0 Å². The molecule has 2 N–H and O–H groups in total. The van der Waals surface area contributed by atoms with E-state index in [1.54, 1.807) is 18.2 Å². The van der Waals surface area contributed by atoms with Crippen molar-refractivity contribution in [2.75, 3.05) is 5.73 Å². The average Bonchev–Trinajstić information content (AvgIpc) is 2.40. The van der Waals surface area contributed by atoms with Crippen LogP contribution in [0, 0.1) is 5.82 Å². The molecule has 0 aliphatic heterocycles. The van der Waals surface area contributed by atoms with E-state index in [1.165, 1.54) is 18.3 Å². The molecule has 0 atom stereocenters. The third-order valence-electron chi connectivity index (χ3n) is 2.35. The second kappa shape index (κ2) is 5.79. The van der Waals surface area contributed by atoms with Gasteiger partial charge in [0.15, 0.2) is 0 Å². The van der Waals surface area contributed by atoms with E-state index in [0.717, 1.165) is 0 Å². The fraction of sp³-hybridized carbons (Fsp3) is 0.0769. The van der Waals surface area contributed by atoms with E-state index >= 15 is 0 Å². The van der Waals surface area contributed by atoms with Crippen molar-refractivity contribution >= 4 is 27.6 Å². The topological polar surface area (TPSA) is 65.2 Å². The molecule has 0 saturated heterocycles. The standard InChI is InChI=1S/C13H10BrFN2O2/c14-10-5-8(1-3-11(10)15)7-19-13(18)12-4-2-9(16)6-17-12/h1-6H,7,16H2. The number of nitrogens with zero attached hydrogens (tertiary/aromatic N) is 1. The number of halogens is 2. The molecule has 0 bridgehead atoms. The van der Waals surface area contributed by atoms with E-state index in [4.69, 9.17) is 10.5 Å². The Balaban J connectivity index is 2.00. The van der Waals surface area contributed by atoms with Crippen molar-refractivity contribution in [2.45, 2.75) is 6.61 Å². The Hall–Kier alpha value is -1.95. The van der Waals surface area contributed by atoms with E-state index in [-0.39, 0.29) is 18.1 Å². The molecule has 6 heteroatoms. The quantitative estimate of drug-likeness (QED) is 0.881. The molecule has 0 saturated carbocycles. The van der Waals surface area contributed by atoms with Gasteiger partial charge in [-0.25, -0.2) is 14.2 Å². The first kappa shape index (κ1) is 13.5. The van der Waals surface area contributed by atoms with Crippen LogP contribution in [-0.4, -0.2) is 11.0 Å². The molecule has 19 heavy (non-hydrogen) atoms. The predicted octanol–water partition coefficient (Wildman–Crippen LogP) is 2.92. The molecule has 0 unspecified atom stereocenters. The van der Waals surface area contributed by atoms with Crippen LogP contribution in [0.5, 0.6) is 0 Å². The lowest BCUT2D eigenvalue weighted by molar-refractivity contribution is 0.0465. The van der Waals surface area contributed by atoms with Crippen LogP contribution >= 0.6 is 15.9 Å². The van der Waals surface area contributed by atoms with Crippen LogP contribution in [0.4, 0.5) is 10.1 Å². The second-order valence-electron chi connectivity index (χ2n) is 3.80. The Labute approximate surface area is 117 Å². The van der Waals surface area contributed by atoms with Crippen molar-refractivity contribution in [1.29, 1.82) is 0 Å². The van der Waals surface area contributed by atoms with Gasteiger partial charge in [-0.15, -0.1) is 0 Å².